The number of hydrogen-bond acceptors (Lipinski definition) is 8. The Bertz CT molecular complexity index is 973. The van der Waals surface area contributed by atoms with Gasteiger partial charge in [0.2, 0.25) is 0 Å². The normalized spacial score (nSPS) is 27.7. The second kappa shape index (κ2) is 8.24. The van der Waals surface area contributed by atoms with Crippen LogP contribution in [0.5, 0.6) is 0 Å². The van der Waals surface area contributed by atoms with E-state index in [0.717, 1.165) is 5.69 Å². The monoisotopic (exact) mass is 444 g/mol. The topological polar surface area (TPSA) is 86.8 Å². The highest BCUT2D eigenvalue weighted by Gasteiger charge is 2.65. The summed E-state index contributed by atoms with van der Waals surface area (Å²) < 4.78 is 16.8. The molecule has 4 rings (SSSR count). The van der Waals surface area contributed by atoms with Gasteiger partial charge in [0, 0.05) is 30.5 Å². The van der Waals surface area contributed by atoms with E-state index in [4.69, 9.17) is 14.2 Å². The van der Waals surface area contributed by atoms with Crippen molar-refractivity contribution in [1.82, 2.24) is 4.98 Å². The molecule has 31 heavy (non-hydrogen) atoms. The van der Waals surface area contributed by atoms with Crippen LogP contribution in [-0.2, 0) is 29.4 Å². The molecule has 0 aliphatic carbocycles. The van der Waals surface area contributed by atoms with Gasteiger partial charge in [-0.05, 0) is 31.9 Å². The molecule has 0 saturated carbocycles. The van der Waals surface area contributed by atoms with E-state index in [1.165, 1.54) is 16.9 Å². The minimum absolute atomic E-state index is 0.214. The molecule has 2 aliphatic rings. The molecule has 166 valence electrons. The summed E-state index contributed by atoms with van der Waals surface area (Å²) in [5, 5.41) is 5.84. The number of rotatable bonds is 7. The zero-order valence-electron chi connectivity index (χ0n) is 18.3. The number of aryl methyl sites for hydroxylation is 1. The Labute approximate surface area is 186 Å². The molecule has 0 bridgehead atoms. The van der Waals surface area contributed by atoms with Crippen LogP contribution >= 0.6 is 11.3 Å². The van der Waals surface area contributed by atoms with E-state index in [1.807, 2.05) is 36.6 Å². The molecule has 1 N–H and O–H groups in total. The Hall–Kier alpha value is -2.45. The predicted octanol–water partition coefficient (Wildman–Crippen LogP) is 4.33. The van der Waals surface area contributed by atoms with Crippen LogP contribution in [0.4, 0.5) is 10.8 Å². The number of esters is 2. The number of nitrogens with zero attached hydrogens (tertiary/aromatic N) is 1. The summed E-state index contributed by atoms with van der Waals surface area (Å²) in [6.07, 6.45) is 0.0542. The summed E-state index contributed by atoms with van der Waals surface area (Å²) in [6, 6.07) is 8.01. The Balaban J connectivity index is 1.46. The van der Waals surface area contributed by atoms with Gasteiger partial charge >= 0.3 is 11.9 Å². The standard InChI is InChI=1S/C23H28N2O5S/c1-14(2)10-28-11-17-9-23(19(26)29-17)13-22(4,30-20(23)27)18-12-31-21(25-18)24-16-7-5-15(3)6-8-16/h5-8,12,14,17H,9-11,13H2,1-4H3,(H,24,25)/t17-,22-,23+/m0/s1. The second-order valence-electron chi connectivity index (χ2n) is 9.07. The van der Waals surface area contributed by atoms with Crippen molar-refractivity contribution in [1.29, 1.82) is 0 Å². The van der Waals surface area contributed by atoms with E-state index in [1.54, 1.807) is 6.92 Å². The van der Waals surface area contributed by atoms with Crippen molar-refractivity contribution in [3.05, 3.63) is 40.9 Å². The molecule has 3 atom stereocenters. The van der Waals surface area contributed by atoms with Gasteiger partial charge in [-0.25, -0.2) is 4.98 Å². The fourth-order valence-electron chi connectivity index (χ4n) is 4.08. The third-order valence-corrected chi connectivity index (χ3v) is 6.45. The van der Waals surface area contributed by atoms with E-state index in [9.17, 15) is 9.59 Å². The van der Waals surface area contributed by atoms with Gasteiger partial charge in [-0.3, -0.25) is 9.59 Å². The van der Waals surface area contributed by atoms with Crippen LogP contribution in [-0.4, -0.2) is 36.2 Å². The fraction of sp³-hybridized carbons (Fsp3) is 0.522. The number of nitrogens with one attached hydrogen (secondary N) is 1. The maximum absolute atomic E-state index is 12.9. The summed E-state index contributed by atoms with van der Waals surface area (Å²) in [5.74, 6) is -0.668. The maximum atomic E-state index is 12.9. The molecule has 2 aromatic rings. The lowest BCUT2D eigenvalue weighted by atomic mass is 9.78. The zero-order valence-corrected chi connectivity index (χ0v) is 19.1. The number of hydrogen-bond donors (Lipinski definition) is 1. The molecule has 1 spiro atoms. The first-order valence-electron chi connectivity index (χ1n) is 10.5. The molecule has 1 aromatic heterocycles. The van der Waals surface area contributed by atoms with Crippen LogP contribution < -0.4 is 5.32 Å². The lowest BCUT2D eigenvalue weighted by molar-refractivity contribution is -0.160. The van der Waals surface area contributed by atoms with E-state index in [-0.39, 0.29) is 19.4 Å². The van der Waals surface area contributed by atoms with E-state index < -0.39 is 29.1 Å². The van der Waals surface area contributed by atoms with Gasteiger partial charge in [0.15, 0.2) is 16.1 Å². The van der Waals surface area contributed by atoms with Gasteiger partial charge < -0.3 is 19.5 Å². The average molecular weight is 445 g/mol. The Morgan fingerprint density at radius 2 is 2.00 bits per heavy atom. The summed E-state index contributed by atoms with van der Waals surface area (Å²) in [5.41, 5.74) is 0.477. The van der Waals surface area contributed by atoms with Crippen LogP contribution in [0.1, 0.15) is 44.9 Å². The number of aromatic nitrogens is 1. The van der Waals surface area contributed by atoms with E-state index >= 15 is 0 Å². The first-order valence-corrected chi connectivity index (χ1v) is 11.4. The van der Waals surface area contributed by atoms with Crippen LogP contribution in [0.25, 0.3) is 0 Å². The Kier molecular flexibility index (Phi) is 5.79. The van der Waals surface area contributed by atoms with Gasteiger partial charge in [0.05, 0.1) is 12.3 Å². The van der Waals surface area contributed by atoms with Crippen molar-refractivity contribution in [2.75, 3.05) is 18.5 Å². The van der Waals surface area contributed by atoms with Crippen molar-refractivity contribution >= 4 is 34.1 Å². The molecule has 0 radical (unpaired) electrons. The molecule has 0 amide bonds. The van der Waals surface area contributed by atoms with Gasteiger partial charge in [0.25, 0.3) is 0 Å². The second-order valence-corrected chi connectivity index (χ2v) is 9.93. The lowest BCUT2D eigenvalue weighted by Gasteiger charge is -2.20. The van der Waals surface area contributed by atoms with Gasteiger partial charge in [-0.15, -0.1) is 11.3 Å². The molecule has 2 fully saturated rings. The lowest BCUT2D eigenvalue weighted by Crippen LogP contribution is -2.32. The van der Waals surface area contributed by atoms with Crippen molar-refractivity contribution in [3.8, 4) is 0 Å². The van der Waals surface area contributed by atoms with Crippen LogP contribution in [0, 0.1) is 18.3 Å². The van der Waals surface area contributed by atoms with Crippen LogP contribution in [0.3, 0.4) is 0 Å². The first kappa shape index (κ1) is 21.8. The number of carbonyl (C=O) groups excluding carboxylic acids is 2. The van der Waals surface area contributed by atoms with Crippen molar-refractivity contribution in [2.45, 2.75) is 52.2 Å². The first-order chi connectivity index (χ1) is 14.7. The van der Waals surface area contributed by atoms with E-state index in [2.05, 4.69) is 24.1 Å². The van der Waals surface area contributed by atoms with E-state index in [0.29, 0.717) is 23.4 Å². The number of anilines is 2. The largest absolute Gasteiger partial charge is 0.459 e. The molecule has 8 heteroatoms. The van der Waals surface area contributed by atoms with Gasteiger partial charge in [-0.1, -0.05) is 31.5 Å². The number of thiazole rings is 1. The summed E-state index contributed by atoms with van der Waals surface area (Å²) >= 11 is 1.43. The highest BCUT2D eigenvalue weighted by Crippen LogP contribution is 2.52. The molecule has 1 aromatic carbocycles. The summed E-state index contributed by atoms with van der Waals surface area (Å²) in [4.78, 5) is 30.2. The quantitative estimate of drug-likeness (QED) is 0.502. The van der Waals surface area contributed by atoms with Crippen molar-refractivity contribution in [3.63, 3.8) is 0 Å². The van der Waals surface area contributed by atoms with Crippen LogP contribution in [0.15, 0.2) is 29.6 Å². The van der Waals surface area contributed by atoms with Crippen molar-refractivity contribution in [2.24, 2.45) is 11.3 Å². The Morgan fingerprint density at radius 3 is 2.71 bits per heavy atom. The molecule has 2 aliphatic heterocycles. The molecular formula is C23H28N2O5S. The number of ether oxygens (including phenoxy) is 3. The minimum Gasteiger partial charge on any atom is -0.459 e. The van der Waals surface area contributed by atoms with Gasteiger partial charge in [0.1, 0.15) is 6.10 Å². The highest BCUT2D eigenvalue weighted by molar-refractivity contribution is 7.13. The molecule has 7 nitrogen and oxygen atoms in total. The minimum atomic E-state index is -1.28. The SMILES string of the molecule is Cc1ccc(Nc2nc([C@]3(C)C[C@@]4(C[C@@H](COCC(C)C)OC4=O)C(=O)O3)cs2)cc1. The number of cyclic esters (lactones) is 2. The maximum Gasteiger partial charge on any atom is 0.324 e. The number of carbonyl (C=O) groups is 2. The average Bonchev–Trinajstić information content (AvgIpc) is 3.36. The fourth-order valence-corrected chi connectivity index (χ4v) is 4.93. The third-order valence-electron chi connectivity index (χ3n) is 5.69. The molecule has 3 heterocycles. The van der Waals surface area contributed by atoms with Crippen LogP contribution in [0.2, 0.25) is 0 Å². The smallest absolute Gasteiger partial charge is 0.324 e. The number of benzene rings is 1. The molecular weight excluding hydrogens is 416 g/mol. The summed E-state index contributed by atoms with van der Waals surface area (Å²) in [6.45, 7) is 8.82. The van der Waals surface area contributed by atoms with Gasteiger partial charge in [-0.2, -0.15) is 0 Å². The Morgan fingerprint density at radius 1 is 1.26 bits per heavy atom. The van der Waals surface area contributed by atoms with Crippen molar-refractivity contribution < 1.29 is 23.8 Å². The molecule has 2 saturated heterocycles. The zero-order chi connectivity index (χ0) is 22.2. The summed E-state index contributed by atoms with van der Waals surface area (Å²) in [7, 11) is 0. The molecule has 0 unspecified atom stereocenters. The third kappa shape index (κ3) is 4.32. The highest BCUT2D eigenvalue weighted by atomic mass is 32.1. The predicted molar refractivity (Wildman–Crippen MR) is 117 cm³/mol.